The summed E-state index contributed by atoms with van der Waals surface area (Å²) in [5.41, 5.74) is 0. The number of hydrogen-bond donors (Lipinski definition) is 0. The van der Waals surface area contributed by atoms with E-state index in [1.54, 1.807) is 0 Å². The molecule has 1 aliphatic heterocycles. The maximum Gasteiger partial charge on any atom is 0.200 e. The number of rotatable bonds is 1. The fourth-order valence-corrected chi connectivity index (χ4v) is 2.72. The van der Waals surface area contributed by atoms with E-state index in [4.69, 9.17) is 0 Å². The van der Waals surface area contributed by atoms with Crippen molar-refractivity contribution < 1.29 is 0 Å². The lowest BCUT2D eigenvalue weighted by Crippen LogP contribution is -2.45. The van der Waals surface area contributed by atoms with E-state index in [0.717, 1.165) is 0 Å². The Labute approximate surface area is 59.8 Å². The van der Waals surface area contributed by atoms with Gasteiger partial charge >= 0.3 is 0 Å². The summed E-state index contributed by atoms with van der Waals surface area (Å²) in [5, 5.41) is 0. The van der Waals surface area contributed by atoms with E-state index < -0.39 is 8.24 Å². The van der Waals surface area contributed by atoms with Crippen molar-refractivity contribution in [1.82, 2.24) is 4.48 Å². The van der Waals surface area contributed by atoms with Crippen molar-refractivity contribution in [1.29, 1.82) is 0 Å². The largest absolute Gasteiger partial charge is 0.369 e. The maximum atomic E-state index is 2.56. The molecule has 51 valence electrons. The summed E-state index contributed by atoms with van der Waals surface area (Å²) in [6.45, 7) is 8.51. The van der Waals surface area contributed by atoms with Crippen LogP contribution in [0.4, 0.5) is 0 Å². The Morgan fingerprint density at radius 1 is 1.33 bits per heavy atom. The molecule has 1 fully saturated rings. The third-order valence-corrected chi connectivity index (χ3v) is 3.94. The molecular weight excluding hydrogens is 125 g/mol. The van der Waals surface area contributed by atoms with Gasteiger partial charge in [-0.2, -0.15) is 0 Å². The fourth-order valence-electron chi connectivity index (χ4n) is 1.21. The van der Waals surface area contributed by atoms with Gasteiger partial charge in [0.1, 0.15) is 8.24 Å². The van der Waals surface area contributed by atoms with Gasteiger partial charge in [0.15, 0.2) is 0 Å². The minimum absolute atomic E-state index is 0.946. The quantitative estimate of drug-likeness (QED) is 0.499. The highest BCUT2D eigenvalue weighted by Gasteiger charge is 2.26. The summed E-state index contributed by atoms with van der Waals surface area (Å²) >= 11 is 0. The van der Waals surface area contributed by atoms with Crippen molar-refractivity contribution in [2.75, 3.05) is 6.54 Å². The van der Waals surface area contributed by atoms with Gasteiger partial charge in [-0.1, -0.05) is 26.0 Å². The predicted molar refractivity (Wildman–Crippen MR) is 45.2 cm³/mol. The second-order valence-electron chi connectivity index (χ2n) is 3.69. The lowest BCUT2D eigenvalue weighted by molar-refractivity contribution is 0.682. The molecule has 0 aromatic carbocycles. The molecule has 0 spiro atoms. The Balaban J connectivity index is 2.42. The first-order valence-electron chi connectivity index (χ1n) is 3.71. The highest BCUT2D eigenvalue weighted by molar-refractivity contribution is 6.79. The first-order valence-corrected chi connectivity index (χ1v) is 7.15. The van der Waals surface area contributed by atoms with Crippen LogP contribution < -0.4 is 0 Å². The number of nitrogens with zero attached hydrogens (tertiary/aromatic N) is 1. The van der Waals surface area contributed by atoms with Gasteiger partial charge in [-0.3, -0.25) is 0 Å². The molecule has 0 unspecified atom stereocenters. The van der Waals surface area contributed by atoms with Gasteiger partial charge < -0.3 is 4.48 Å². The molecule has 0 aromatic heterocycles. The van der Waals surface area contributed by atoms with Crippen molar-refractivity contribution >= 4 is 15.6 Å². The molecule has 0 bridgehead atoms. The Morgan fingerprint density at radius 2 is 2.00 bits per heavy atom. The molecule has 1 radical (unpaired) electrons. The molecule has 1 rings (SSSR count). The van der Waals surface area contributed by atoms with E-state index in [1.165, 1.54) is 19.3 Å². The van der Waals surface area contributed by atoms with Crippen LogP contribution in [0.25, 0.3) is 0 Å². The van der Waals surface area contributed by atoms with Crippen LogP contribution in [0.3, 0.4) is 0 Å². The molecule has 0 saturated carbocycles. The van der Waals surface area contributed by atoms with Crippen molar-refractivity contribution in [3.8, 4) is 0 Å². The van der Waals surface area contributed by atoms with E-state index in [0.29, 0.717) is 0 Å². The molecule has 1 heterocycles. The van der Waals surface area contributed by atoms with Crippen LogP contribution in [0.1, 0.15) is 6.42 Å². The standard InChI is InChI=1S/C6H15BNSi/c1-9(2,3)8-6-4-5-7-8/h4-6H2,1-3H3. The van der Waals surface area contributed by atoms with Crippen LogP contribution in [0.15, 0.2) is 0 Å². The third kappa shape index (κ3) is 1.83. The van der Waals surface area contributed by atoms with Gasteiger partial charge in [0.05, 0.1) is 0 Å². The summed E-state index contributed by atoms with van der Waals surface area (Å²) < 4.78 is 2.56. The highest BCUT2D eigenvalue weighted by Crippen LogP contribution is 2.15. The monoisotopic (exact) mass is 140 g/mol. The minimum Gasteiger partial charge on any atom is -0.369 e. The van der Waals surface area contributed by atoms with E-state index in [9.17, 15) is 0 Å². The van der Waals surface area contributed by atoms with Crippen LogP contribution in [0.2, 0.25) is 26.0 Å². The van der Waals surface area contributed by atoms with E-state index in [2.05, 4.69) is 31.5 Å². The van der Waals surface area contributed by atoms with Gasteiger partial charge in [0, 0.05) is 0 Å². The Kier molecular flexibility index (Phi) is 2.01. The summed E-state index contributed by atoms with van der Waals surface area (Å²) in [4.78, 5) is 0. The lowest BCUT2D eigenvalue weighted by atomic mass is 9.93. The molecule has 0 atom stereocenters. The number of hydrogen-bond acceptors (Lipinski definition) is 1. The van der Waals surface area contributed by atoms with Crippen LogP contribution in [0, 0.1) is 0 Å². The van der Waals surface area contributed by atoms with Gasteiger partial charge in [-0.15, -0.1) is 0 Å². The average molecular weight is 140 g/mol. The Bertz CT molecular complexity index is 93.7. The fraction of sp³-hybridized carbons (Fsp3) is 1.00. The highest BCUT2D eigenvalue weighted by atomic mass is 28.3. The molecule has 1 saturated heterocycles. The predicted octanol–water partition coefficient (Wildman–Crippen LogP) is 1.56. The summed E-state index contributed by atoms with van der Waals surface area (Å²) in [7, 11) is 1.43. The molecule has 0 aliphatic carbocycles. The van der Waals surface area contributed by atoms with Gasteiger partial charge in [-0.05, 0) is 13.0 Å². The van der Waals surface area contributed by atoms with E-state index in [-0.39, 0.29) is 0 Å². The molecule has 0 N–H and O–H groups in total. The molecular formula is C6H15BNSi. The van der Waals surface area contributed by atoms with E-state index in [1.807, 2.05) is 0 Å². The Hall–Kier alpha value is 0.242. The second kappa shape index (κ2) is 2.47. The van der Waals surface area contributed by atoms with Gasteiger partial charge in [0.2, 0.25) is 7.41 Å². The zero-order chi connectivity index (χ0) is 6.91. The molecule has 9 heavy (non-hydrogen) atoms. The summed E-state index contributed by atoms with van der Waals surface area (Å²) in [6.07, 6.45) is 2.69. The van der Waals surface area contributed by atoms with Crippen LogP contribution in [-0.4, -0.2) is 26.7 Å². The third-order valence-electron chi connectivity index (χ3n) is 1.81. The molecule has 3 heteroatoms. The maximum absolute atomic E-state index is 2.56. The molecule has 1 nitrogen and oxygen atoms in total. The van der Waals surface area contributed by atoms with Crippen molar-refractivity contribution in [2.45, 2.75) is 32.4 Å². The molecule has 1 aliphatic rings. The first kappa shape index (κ1) is 7.35. The second-order valence-corrected chi connectivity index (χ2v) is 8.61. The average Bonchev–Trinajstić information content (AvgIpc) is 2.08. The van der Waals surface area contributed by atoms with Crippen molar-refractivity contribution in [2.24, 2.45) is 0 Å². The first-order chi connectivity index (χ1) is 4.11. The van der Waals surface area contributed by atoms with Gasteiger partial charge in [0.25, 0.3) is 0 Å². The SMILES string of the molecule is C[Si](C)(C)N1[B]CCC1. The van der Waals surface area contributed by atoms with Crippen LogP contribution in [0.5, 0.6) is 0 Å². The minimum atomic E-state index is -0.946. The zero-order valence-electron chi connectivity index (χ0n) is 6.65. The van der Waals surface area contributed by atoms with Crippen LogP contribution in [-0.2, 0) is 0 Å². The zero-order valence-corrected chi connectivity index (χ0v) is 7.65. The van der Waals surface area contributed by atoms with Gasteiger partial charge in [-0.25, -0.2) is 0 Å². The summed E-state index contributed by atoms with van der Waals surface area (Å²) in [5.74, 6) is 0. The van der Waals surface area contributed by atoms with Crippen LogP contribution >= 0.6 is 0 Å². The lowest BCUT2D eigenvalue weighted by Gasteiger charge is -2.29. The smallest absolute Gasteiger partial charge is 0.200 e. The van der Waals surface area contributed by atoms with E-state index >= 15 is 0 Å². The molecule has 0 amide bonds. The Morgan fingerprint density at radius 3 is 2.22 bits per heavy atom. The van der Waals surface area contributed by atoms with Crippen molar-refractivity contribution in [3.63, 3.8) is 0 Å². The topological polar surface area (TPSA) is 3.24 Å². The molecule has 0 aromatic rings. The summed E-state index contributed by atoms with van der Waals surface area (Å²) in [6, 6.07) is 0. The van der Waals surface area contributed by atoms with Crippen molar-refractivity contribution in [3.05, 3.63) is 0 Å². The normalized spacial score (nSPS) is 22.1.